The molecule has 0 bridgehead atoms. The van der Waals surface area contributed by atoms with Crippen molar-refractivity contribution in [2.45, 2.75) is 26.8 Å². The molecule has 0 aromatic carbocycles. The summed E-state index contributed by atoms with van der Waals surface area (Å²) in [6.07, 6.45) is 2.74. The Morgan fingerprint density at radius 1 is 1.50 bits per heavy atom. The minimum absolute atomic E-state index is 0.0527. The lowest BCUT2D eigenvalue weighted by Gasteiger charge is -2.08. The zero-order chi connectivity index (χ0) is 14.7. The number of amides is 1. The Morgan fingerprint density at radius 2 is 2.25 bits per heavy atom. The fourth-order valence-electron chi connectivity index (χ4n) is 1.93. The highest BCUT2D eigenvalue weighted by Gasteiger charge is 2.20. The summed E-state index contributed by atoms with van der Waals surface area (Å²) in [7, 11) is 0. The van der Waals surface area contributed by atoms with Crippen molar-refractivity contribution in [3.8, 4) is 0 Å². The van der Waals surface area contributed by atoms with E-state index in [2.05, 4.69) is 9.69 Å². The van der Waals surface area contributed by atoms with Gasteiger partial charge >= 0.3 is 5.97 Å². The molecule has 2 aromatic rings. The number of nitrogens with one attached hydrogen (secondary N) is 1. The van der Waals surface area contributed by atoms with Gasteiger partial charge in [0.1, 0.15) is 16.3 Å². The molecule has 0 spiro atoms. The molecule has 2 N–H and O–H groups in total. The first-order valence-electron chi connectivity index (χ1n) is 6.20. The van der Waals surface area contributed by atoms with Crippen molar-refractivity contribution < 1.29 is 14.7 Å². The summed E-state index contributed by atoms with van der Waals surface area (Å²) in [4.78, 5) is 23.4. The highest BCUT2D eigenvalue weighted by atomic mass is 32.1. The van der Waals surface area contributed by atoms with Crippen LogP contribution in [-0.4, -0.2) is 25.9 Å². The fraction of sp³-hybridized carbons (Fsp3) is 0.308. The second-order valence-corrected chi connectivity index (χ2v) is 5.09. The molecule has 0 aliphatic heterocycles. The van der Waals surface area contributed by atoms with Crippen molar-refractivity contribution in [2.75, 3.05) is 5.32 Å². The van der Waals surface area contributed by atoms with E-state index in [1.54, 1.807) is 19.1 Å². The number of aromatic carboxylic acids is 1. The van der Waals surface area contributed by atoms with E-state index in [1.807, 2.05) is 17.7 Å². The van der Waals surface area contributed by atoms with Crippen LogP contribution in [0.25, 0.3) is 0 Å². The Balaban J connectivity index is 2.24. The quantitative estimate of drug-likeness (QED) is 0.887. The Morgan fingerprint density at radius 3 is 2.90 bits per heavy atom. The first-order valence-corrected chi connectivity index (χ1v) is 6.98. The molecule has 20 heavy (non-hydrogen) atoms. The molecule has 0 saturated carbocycles. The molecule has 0 atom stereocenters. The zero-order valence-electron chi connectivity index (χ0n) is 11.2. The van der Waals surface area contributed by atoms with Crippen LogP contribution >= 0.6 is 11.5 Å². The van der Waals surface area contributed by atoms with E-state index in [0.29, 0.717) is 11.4 Å². The normalized spacial score (nSPS) is 10.5. The first-order chi connectivity index (χ1) is 9.54. The number of carboxylic acid groups (broad SMARTS) is 1. The van der Waals surface area contributed by atoms with Gasteiger partial charge in [0.15, 0.2) is 0 Å². The molecule has 0 unspecified atom stereocenters. The minimum Gasteiger partial charge on any atom is -0.478 e. The van der Waals surface area contributed by atoms with Gasteiger partial charge in [0, 0.05) is 12.7 Å². The molecule has 0 radical (unpaired) electrons. The van der Waals surface area contributed by atoms with Gasteiger partial charge in [-0.3, -0.25) is 4.79 Å². The Labute approximate surface area is 120 Å². The maximum Gasteiger partial charge on any atom is 0.340 e. The third-order valence-corrected chi connectivity index (χ3v) is 3.68. The lowest BCUT2D eigenvalue weighted by atomic mass is 10.2. The summed E-state index contributed by atoms with van der Waals surface area (Å²) in [6, 6.07) is 3.50. The Bertz CT molecular complexity index is 645. The number of anilines is 1. The number of nitrogens with zero attached hydrogens (tertiary/aromatic N) is 2. The number of hydrogen-bond acceptors (Lipinski definition) is 4. The molecule has 6 nitrogen and oxygen atoms in total. The third kappa shape index (κ3) is 2.72. The van der Waals surface area contributed by atoms with Crippen molar-refractivity contribution in [1.29, 1.82) is 0 Å². The second kappa shape index (κ2) is 5.87. The van der Waals surface area contributed by atoms with Crippen LogP contribution in [0.15, 0.2) is 18.3 Å². The van der Waals surface area contributed by atoms with E-state index in [-0.39, 0.29) is 16.5 Å². The van der Waals surface area contributed by atoms with Crippen molar-refractivity contribution in [1.82, 2.24) is 8.94 Å². The average molecular weight is 293 g/mol. The number of aromatic nitrogens is 2. The van der Waals surface area contributed by atoms with Gasteiger partial charge in [-0.05, 0) is 37.0 Å². The fourth-order valence-corrected chi connectivity index (χ4v) is 2.71. The smallest absolute Gasteiger partial charge is 0.340 e. The summed E-state index contributed by atoms with van der Waals surface area (Å²) in [6.45, 7) is 4.37. The summed E-state index contributed by atoms with van der Waals surface area (Å²) in [5, 5.41) is 12.0. The van der Waals surface area contributed by atoms with E-state index in [9.17, 15) is 9.59 Å². The largest absolute Gasteiger partial charge is 0.478 e. The number of aryl methyl sites for hydroxylation is 2. The first kappa shape index (κ1) is 14.3. The van der Waals surface area contributed by atoms with Gasteiger partial charge in [0.05, 0.1) is 5.69 Å². The highest BCUT2D eigenvalue weighted by molar-refractivity contribution is 7.11. The van der Waals surface area contributed by atoms with Gasteiger partial charge in [-0.25, -0.2) is 4.79 Å². The molecule has 0 aliphatic carbocycles. The van der Waals surface area contributed by atoms with Crippen molar-refractivity contribution in [3.63, 3.8) is 0 Å². The Kier molecular flexibility index (Phi) is 4.19. The monoisotopic (exact) mass is 293 g/mol. The Hall–Kier alpha value is -2.15. The van der Waals surface area contributed by atoms with Crippen LogP contribution in [0.4, 0.5) is 5.00 Å². The number of rotatable bonds is 5. The minimum atomic E-state index is -1.09. The van der Waals surface area contributed by atoms with Crippen molar-refractivity contribution in [2.24, 2.45) is 0 Å². The van der Waals surface area contributed by atoms with Gasteiger partial charge in [0.2, 0.25) is 0 Å². The lowest BCUT2D eigenvalue weighted by molar-refractivity contribution is 0.0697. The van der Waals surface area contributed by atoms with Gasteiger partial charge in [-0.2, -0.15) is 4.37 Å². The van der Waals surface area contributed by atoms with Crippen LogP contribution in [0.1, 0.15) is 39.9 Å². The number of carbonyl (C=O) groups is 2. The third-order valence-electron chi connectivity index (χ3n) is 2.83. The number of carboxylic acids is 1. The topological polar surface area (TPSA) is 84.2 Å². The highest BCUT2D eigenvalue weighted by Crippen LogP contribution is 2.25. The van der Waals surface area contributed by atoms with E-state index in [1.165, 1.54) is 0 Å². The van der Waals surface area contributed by atoms with Crippen LogP contribution in [-0.2, 0) is 6.54 Å². The molecule has 2 heterocycles. The van der Waals surface area contributed by atoms with Crippen molar-refractivity contribution in [3.05, 3.63) is 35.3 Å². The number of carbonyl (C=O) groups excluding carboxylic acids is 1. The number of hydrogen-bond donors (Lipinski definition) is 2. The maximum absolute atomic E-state index is 12.2. The maximum atomic E-state index is 12.2. The molecule has 2 rings (SSSR count). The summed E-state index contributed by atoms with van der Waals surface area (Å²) < 4.78 is 5.81. The van der Waals surface area contributed by atoms with Crippen LogP contribution in [0.3, 0.4) is 0 Å². The predicted molar refractivity (Wildman–Crippen MR) is 76.5 cm³/mol. The molecule has 0 saturated heterocycles. The molecular formula is C13H15N3O3S. The molecule has 106 valence electrons. The molecule has 1 amide bonds. The molecule has 2 aromatic heterocycles. The van der Waals surface area contributed by atoms with Crippen LogP contribution in [0.5, 0.6) is 0 Å². The predicted octanol–water partition coefficient (Wildman–Crippen LogP) is 2.61. The van der Waals surface area contributed by atoms with Crippen LogP contribution in [0, 0.1) is 6.92 Å². The molecular weight excluding hydrogens is 278 g/mol. The van der Waals surface area contributed by atoms with E-state index in [0.717, 1.165) is 24.5 Å². The zero-order valence-corrected chi connectivity index (χ0v) is 12.0. The van der Waals surface area contributed by atoms with Gasteiger partial charge in [0.25, 0.3) is 5.91 Å². The SMILES string of the molecule is CCCn1cccc1C(=O)Nc1snc(C)c1C(=O)O. The molecule has 0 fully saturated rings. The molecule has 0 aliphatic rings. The van der Waals surface area contributed by atoms with E-state index < -0.39 is 5.97 Å². The van der Waals surface area contributed by atoms with Gasteiger partial charge in [-0.15, -0.1) is 0 Å². The van der Waals surface area contributed by atoms with E-state index in [4.69, 9.17) is 5.11 Å². The summed E-state index contributed by atoms with van der Waals surface area (Å²) in [5.41, 5.74) is 0.966. The van der Waals surface area contributed by atoms with E-state index >= 15 is 0 Å². The van der Waals surface area contributed by atoms with Crippen LogP contribution in [0.2, 0.25) is 0 Å². The summed E-state index contributed by atoms with van der Waals surface area (Å²) in [5.74, 6) is -1.41. The van der Waals surface area contributed by atoms with Crippen molar-refractivity contribution >= 4 is 28.4 Å². The van der Waals surface area contributed by atoms with Gasteiger partial charge < -0.3 is 15.0 Å². The average Bonchev–Trinajstić information content (AvgIpc) is 2.97. The summed E-state index contributed by atoms with van der Waals surface area (Å²) >= 11 is 0.977. The standard InChI is InChI=1S/C13H15N3O3S/c1-3-6-16-7-4-5-9(16)11(17)14-12-10(13(18)19)8(2)15-20-12/h4-5,7H,3,6H2,1-2H3,(H,14,17)(H,18,19). The molecule has 7 heteroatoms. The van der Waals surface area contributed by atoms with Crippen LogP contribution < -0.4 is 5.32 Å². The van der Waals surface area contributed by atoms with Gasteiger partial charge in [-0.1, -0.05) is 6.92 Å². The lowest BCUT2D eigenvalue weighted by Crippen LogP contribution is -2.17. The second-order valence-electron chi connectivity index (χ2n) is 4.32.